The Hall–Kier alpha value is -1.16. The van der Waals surface area contributed by atoms with E-state index in [4.69, 9.17) is 5.73 Å². The second kappa shape index (κ2) is 7.22. The van der Waals surface area contributed by atoms with E-state index in [0.717, 1.165) is 23.6 Å². The molecule has 0 fully saturated rings. The highest BCUT2D eigenvalue weighted by molar-refractivity contribution is 7.99. The normalized spacial score (nSPS) is 12.1. The van der Waals surface area contributed by atoms with Crippen LogP contribution in [0.15, 0.2) is 24.3 Å². The van der Waals surface area contributed by atoms with Crippen LogP contribution in [0.3, 0.4) is 0 Å². The molecule has 1 rings (SSSR count). The van der Waals surface area contributed by atoms with Crippen LogP contribution in [-0.2, 0) is 4.79 Å². The monoisotopic (exact) mass is 252 g/mol. The molecule has 0 spiro atoms. The van der Waals surface area contributed by atoms with Gasteiger partial charge in [0.25, 0.3) is 0 Å². The van der Waals surface area contributed by atoms with Crippen molar-refractivity contribution in [2.24, 2.45) is 5.73 Å². The van der Waals surface area contributed by atoms with Crippen molar-refractivity contribution in [3.05, 3.63) is 29.8 Å². The lowest BCUT2D eigenvalue weighted by molar-refractivity contribution is -0.118. The second-order valence-electron chi connectivity index (χ2n) is 3.95. The Morgan fingerprint density at radius 1 is 1.53 bits per heavy atom. The number of carbonyl (C=O) groups is 1. The number of amides is 1. The summed E-state index contributed by atoms with van der Waals surface area (Å²) in [6.07, 6.45) is 0.766. The maximum Gasteiger partial charge on any atom is 0.239 e. The molecule has 0 aromatic heterocycles. The van der Waals surface area contributed by atoms with Gasteiger partial charge >= 0.3 is 0 Å². The van der Waals surface area contributed by atoms with Gasteiger partial charge in [-0.15, -0.1) is 0 Å². The van der Waals surface area contributed by atoms with E-state index in [1.165, 1.54) is 5.56 Å². The van der Waals surface area contributed by atoms with Crippen LogP contribution in [0.4, 0.5) is 5.69 Å². The third-order valence-electron chi connectivity index (χ3n) is 2.46. The lowest BCUT2D eigenvalue weighted by Gasteiger charge is -2.16. The molecule has 0 saturated heterocycles. The fourth-order valence-corrected chi connectivity index (χ4v) is 2.26. The molecule has 1 aromatic carbocycles. The molecule has 0 aliphatic heterocycles. The minimum Gasteiger partial charge on any atom is -0.374 e. The number of anilines is 1. The fraction of sp³-hybridized carbons (Fsp3) is 0.462. The number of benzene rings is 1. The summed E-state index contributed by atoms with van der Waals surface area (Å²) in [6, 6.07) is 7.68. The maximum atomic E-state index is 11.3. The zero-order valence-corrected chi connectivity index (χ0v) is 11.2. The highest BCUT2D eigenvalue weighted by Gasteiger charge is 2.14. The van der Waals surface area contributed by atoms with E-state index in [1.54, 1.807) is 0 Å². The first-order valence-corrected chi connectivity index (χ1v) is 6.99. The lowest BCUT2D eigenvalue weighted by atomic mass is 10.1. The van der Waals surface area contributed by atoms with Gasteiger partial charge in [0.2, 0.25) is 5.91 Å². The predicted octanol–water partition coefficient (Wildman–Crippen LogP) is 2.40. The van der Waals surface area contributed by atoms with E-state index in [1.807, 2.05) is 43.0 Å². The minimum absolute atomic E-state index is 0.282. The molecule has 0 heterocycles. The number of rotatable bonds is 7. The molecule has 0 radical (unpaired) electrons. The summed E-state index contributed by atoms with van der Waals surface area (Å²) in [4.78, 5) is 11.3. The minimum atomic E-state index is -0.289. The Labute approximate surface area is 107 Å². The van der Waals surface area contributed by atoms with Crippen LogP contribution in [0.1, 0.15) is 18.9 Å². The molecule has 0 aliphatic rings. The summed E-state index contributed by atoms with van der Waals surface area (Å²) < 4.78 is 0. The Morgan fingerprint density at radius 3 is 2.88 bits per heavy atom. The molecule has 0 bridgehead atoms. The Balaban J connectivity index is 2.57. The zero-order chi connectivity index (χ0) is 12.7. The molecule has 1 unspecified atom stereocenters. The van der Waals surface area contributed by atoms with Crippen LogP contribution >= 0.6 is 11.8 Å². The molecule has 1 amide bonds. The first kappa shape index (κ1) is 13.9. The van der Waals surface area contributed by atoms with Crippen molar-refractivity contribution in [1.82, 2.24) is 0 Å². The van der Waals surface area contributed by atoms with Gasteiger partial charge < -0.3 is 11.1 Å². The van der Waals surface area contributed by atoms with Gasteiger partial charge in [0.1, 0.15) is 6.04 Å². The standard InChI is InChI=1S/C13H20N2OS/c1-3-17-8-7-12(13(14)16)15-11-6-4-5-10(2)9-11/h4-6,9,12,15H,3,7-8H2,1-2H3,(H2,14,16). The summed E-state index contributed by atoms with van der Waals surface area (Å²) in [5, 5.41) is 3.19. The van der Waals surface area contributed by atoms with Gasteiger partial charge in [0.15, 0.2) is 0 Å². The molecular formula is C13H20N2OS. The highest BCUT2D eigenvalue weighted by Crippen LogP contribution is 2.13. The van der Waals surface area contributed by atoms with Crippen LogP contribution in [0.5, 0.6) is 0 Å². The smallest absolute Gasteiger partial charge is 0.239 e. The number of aryl methyl sites for hydroxylation is 1. The lowest BCUT2D eigenvalue weighted by Crippen LogP contribution is -2.35. The SMILES string of the molecule is CCSCCC(Nc1cccc(C)c1)C(N)=O. The Morgan fingerprint density at radius 2 is 2.29 bits per heavy atom. The topological polar surface area (TPSA) is 55.1 Å². The molecule has 17 heavy (non-hydrogen) atoms. The average molecular weight is 252 g/mol. The van der Waals surface area contributed by atoms with Crippen molar-refractivity contribution >= 4 is 23.4 Å². The quantitative estimate of drug-likeness (QED) is 0.733. The van der Waals surface area contributed by atoms with Gasteiger partial charge in [-0.25, -0.2) is 0 Å². The van der Waals surface area contributed by atoms with Crippen LogP contribution in [0, 0.1) is 6.92 Å². The van der Waals surface area contributed by atoms with E-state index in [0.29, 0.717) is 0 Å². The van der Waals surface area contributed by atoms with Gasteiger partial charge in [0, 0.05) is 5.69 Å². The third-order valence-corrected chi connectivity index (χ3v) is 3.39. The van der Waals surface area contributed by atoms with Gasteiger partial charge in [-0.3, -0.25) is 4.79 Å². The van der Waals surface area contributed by atoms with Gasteiger partial charge in [-0.1, -0.05) is 19.1 Å². The Bertz CT molecular complexity index is 368. The van der Waals surface area contributed by atoms with Crippen molar-refractivity contribution < 1.29 is 4.79 Å². The number of nitrogens with two attached hydrogens (primary N) is 1. The van der Waals surface area contributed by atoms with Gasteiger partial charge in [-0.2, -0.15) is 11.8 Å². The fourth-order valence-electron chi connectivity index (χ4n) is 1.57. The molecule has 94 valence electrons. The summed E-state index contributed by atoms with van der Waals surface area (Å²) in [5.74, 6) is 1.72. The van der Waals surface area contributed by atoms with Crippen molar-refractivity contribution in [1.29, 1.82) is 0 Å². The van der Waals surface area contributed by atoms with E-state index in [2.05, 4.69) is 12.2 Å². The van der Waals surface area contributed by atoms with Crippen LogP contribution in [0.25, 0.3) is 0 Å². The summed E-state index contributed by atoms with van der Waals surface area (Å²) in [7, 11) is 0. The number of thioether (sulfide) groups is 1. The van der Waals surface area contributed by atoms with E-state index in [9.17, 15) is 4.79 Å². The second-order valence-corrected chi connectivity index (χ2v) is 5.35. The number of carbonyl (C=O) groups excluding carboxylic acids is 1. The van der Waals surface area contributed by atoms with Gasteiger partial charge in [0.05, 0.1) is 0 Å². The van der Waals surface area contributed by atoms with E-state index < -0.39 is 0 Å². The molecule has 1 aromatic rings. The number of primary amides is 1. The molecule has 0 aliphatic carbocycles. The third kappa shape index (κ3) is 5.13. The van der Waals surface area contributed by atoms with Crippen molar-refractivity contribution in [3.8, 4) is 0 Å². The van der Waals surface area contributed by atoms with E-state index >= 15 is 0 Å². The molecule has 3 N–H and O–H groups in total. The number of hydrogen-bond acceptors (Lipinski definition) is 3. The van der Waals surface area contributed by atoms with Crippen molar-refractivity contribution in [3.63, 3.8) is 0 Å². The molecule has 4 heteroatoms. The number of nitrogens with one attached hydrogen (secondary N) is 1. The molecule has 1 atom stereocenters. The first-order valence-electron chi connectivity index (χ1n) is 5.83. The highest BCUT2D eigenvalue weighted by atomic mass is 32.2. The summed E-state index contributed by atoms with van der Waals surface area (Å²) >= 11 is 1.82. The summed E-state index contributed by atoms with van der Waals surface area (Å²) in [5.41, 5.74) is 7.52. The Kier molecular flexibility index (Phi) is 5.91. The van der Waals surface area contributed by atoms with Crippen LogP contribution in [-0.4, -0.2) is 23.5 Å². The number of hydrogen-bond donors (Lipinski definition) is 2. The zero-order valence-electron chi connectivity index (χ0n) is 10.4. The largest absolute Gasteiger partial charge is 0.374 e. The average Bonchev–Trinajstić information content (AvgIpc) is 2.28. The first-order chi connectivity index (χ1) is 8.13. The van der Waals surface area contributed by atoms with Gasteiger partial charge in [-0.05, 0) is 42.5 Å². The van der Waals surface area contributed by atoms with Crippen molar-refractivity contribution in [2.45, 2.75) is 26.3 Å². The van der Waals surface area contributed by atoms with Crippen LogP contribution in [0.2, 0.25) is 0 Å². The molecule has 0 saturated carbocycles. The molecular weight excluding hydrogens is 232 g/mol. The summed E-state index contributed by atoms with van der Waals surface area (Å²) in [6.45, 7) is 4.13. The molecule has 3 nitrogen and oxygen atoms in total. The van der Waals surface area contributed by atoms with E-state index in [-0.39, 0.29) is 11.9 Å². The van der Waals surface area contributed by atoms with Crippen molar-refractivity contribution in [2.75, 3.05) is 16.8 Å². The van der Waals surface area contributed by atoms with Crippen LogP contribution < -0.4 is 11.1 Å². The maximum absolute atomic E-state index is 11.3. The predicted molar refractivity (Wildman–Crippen MR) is 75.4 cm³/mol.